The van der Waals surface area contributed by atoms with Crippen LogP contribution in [0, 0.1) is 6.92 Å². The van der Waals surface area contributed by atoms with E-state index in [1.165, 1.54) is 0 Å². The second kappa shape index (κ2) is 6.80. The second-order valence-electron chi connectivity index (χ2n) is 5.38. The molecule has 1 heterocycles. The summed E-state index contributed by atoms with van der Waals surface area (Å²) in [5, 5.41) is 0. The SMILES string of the molecule is Cc1cc(N(CCC(N)=S)C(C)C)nc(C(C)C)n1. The van der Waals surface area contributed by atoms with Gasteiger partial charge >= 0.3 is 0 Å². The fourth-order valence-corrected chi connectivity index (χ4v) is 1.94. The van der Waals surface area contributed by atoms with Crippen molar-refractivity contribution in [2.24, 2.45) is 5.73 Å². The molecule has 0 fully saturated rings. The number of rotatable bonds is 6. The summed E-state index contributed by atoms with van der Waals surface area (Å²) >= 11 is 4.96. The minimum Gasteiger partial charge on any atom is -0.393 e. The summed E-state index contributed by atoms with van der Waals surface area (Å²) in [5.74, 6) is 2.17. The number of thiocarbonyl (C=S) groups is 1. The predicted octanol–water partition coefficient (Wildman–Crippen LogP) is 2.80. The van der Waals surface area contributed by atoms with Gasteiger partial charge in [-0.1, -0.05) is 26.1 Å². The van der Waals surface area contributed by atoms with Crippen molar-refractivity contribution < 1.29 is 0 Å². The van der Waals surface area contributed by atoms with E-state index in [4.69, 9.17) is 18.0 Å². The van der Waals surface area contributed by atoms with Crippen LogP contribution in [0.3, 0.4) is 0 Å². The molecular formula is C14H24N4S. The van der Waals surface area contributed by atoms with Crippen molar-refractivity contribution in [2.75, 3.05) is 11.4 Å². The van der Waals surface area contributed by atoms with Gasteiger partial charge in [0, 0.05) is 36.7 Å². The first kappa shape index (κ1) is 15.8. The molecule has 5 heteroatoms. The van der Waals surface area contributed by atoms with E-state index in [1.54, 1.807) is 0 Å². The highest BCUT2D eigenvalue weighted by atomic mass is 32.1. The first-order chi connectivity index (χ1) is 8.81. The highest BCUT2D eigenvalue weighted by Crippen LogP contribution is 2.19. The second-order valence-corrected chi connectivity index (χ2v) is 5.91. The predicted molar refractivity (Wildman–Crippen MR) is 84.7 cm³/mol. The summed E-state index contributed by atoms with van der Waals surface area (Å²) in [5.41, 5.74) is 6.59. The van der Waals surface area contributed by atoms with Crippen molar-refractivity contribution in [3.8, 4) is 0 Å². The summed E-state index contributed by atoms with van der Waals surface area (Å²) in [6, 6.07) is 2.37. The lowest BCUT2D eigenvalue weighted by Gasteiger charge is -2.28. The van der Waals surface area contributed by atoms with Crippen molar-refractivity contribution in [2.45, 2.75) is 53.0 Å². The smallest absolute Gasteiger partial charge is 0.133 e. The van der Waals surface area contributed by atoms with Crippen LogP contribution in [0.4, 0.5) is 5.82 Å². The van der Waals surface area contributed by atoms with Gasteiger partial charge in [-0.25, -0.2) is 9.97 Å². The third kappa shape index (κ3) is 4.74. The third-order valence-electron chi connectivity index (χ3n) is 2.89. The van der Waals surface area contributed by atoms with Crippen LogP contribution < -0.4 is 10.6 Å². The van der Waals surface area contributed by atoms with Gasteiger partial charge < -0.3 is 10.6 Å². The molecule has 0 saturated carbocycles. The summed E-state index contributed by atoms with van der Waals surface area (Å²) in [7, 11) is 0. The van der Waals surface area contributed by atoms with E-state index in [9.17, 15) is 0 Å². The van der Waals surface area contributed by atoms with Crippen molar-refractivity contribution in [1.82, 2.24) is 9.97 Å². The molecule has 19 heavy (non-hydrogen) atoms. The molecule has 2 N–H and O–H groups in total. The Hall–Kier alpha value is -1.23. The van der Waals surface area contributed by atoms with E-state index in [2.05, 4.69) is 42.6 Å². The lowest BCUT2D eigenvalue weighted by molar-refractivity contribution is 0.668. The van der Waals surface area contributed by atoms with Gasteiger partial charge in [-0.2, -0.15) is 0 Å². The van der Waals surface area contributed by atoms with Crippen LogP contribution >= 0.6 is 12.2 Å². The largest absolute Gasteiger partial charge is 0.393 e. The first-order valence-electron chi connectivity index (χ1n) is 6.71. The maximum Gasteiger partial charge on any atom is 0.133 e. The maximum atomic E-state index is 5.60. The molecule has 0 aromatic carbocycles. The van der Waals surface area contributed by atoms with E-state index >= 15 is 0 Å². The highest BCUT2D eigenvalue weighted by molar-refractivity contribution is 7.80. The van der Waals surface area contributed by atoms with Crippen molar-refractivity contribution in [3.05, 3.63) is 17.6 Å². The molecule has 0 bridgehead atoms. The molecule has 0 aliphatic carbocycles. The van der Waals surface area contributed by atoms with Crippen LogP contribution in [0.15, 0.2) is 6.07 Å². The number of nitrogens with two attached hydrogens (primary N) is 1. The number of aromatic nitrogens is 2. The molecule has 4 nitrogen and oxygen atoms in total. The summed E-state index contributed by atoms with van der Waals surface area (Å²) < 4.78 is 0. The van der Waals surface area contributed by atoms with Gasteiger partial charge in [0.15, 0.2) is 0 Å². The Labute approximate surface area is 121 Å². The molecule has 0 saturated heterocycles. The number of aryl methyl sites for hydroxylation is 1. The van der Waals surface area contributed by atoms with Gasteiger partial charge in [0.25, 0.3) is 0 Å². The van der Waals surface area contributed by atoms with Crippen LogP contribution in [0.2, 0.25) is 0 Å². The average molecular weight is 280 g/mol. The summed E-state index contributed by atoms with van der Waals surface area (Å²) in [6.45, 7) is 11.3. The van der Waals surface area contributed by atoms with E-state index in [0.717, 1.165) is 23.9 Å². The third-order valence-corrected chi connectivity index (χ3v) is 3.10. The Morgan fingerprint density at radius 3 is 2.42 bits per heavy atom. The Bertz CT molecular complexity index is 443. The molecule has 106 valence electrons. The van der Waals surface area contributed by atoms with Crippen LogP contribution in [-0.4, -0.2) is 27.5 Å². The molecule has 0 radical (unpaired) electrons. The standard InChI is InChI=1S/C14H24N4S/c1-9(2)14-16-11(5)8-13(17-14)18(10(3)4)7-6-12(15)19/h8-10H,6-7H2,1-5H3,(H2,15,19). The number of hydrogen-bond donors (Lipinski definition) is 1. The Morgan fingerprint density at radius 1 is 1.32 bits per heavy atom. The summed E-state index contributed by atoms with van der Waals surface area (Å²) in [6.07, 6.45) is 0.702. The lowest BCUT2D eigenvalue weighted by atomic mass is 10.2. The van der Waals surface area contributed by atoms with Crippen molar-refractivity contribution in [3.63, 3.8) is 0 Å². The van der Waals surface area contributed by atoms with Crippen LogP contribution in [0.1, 0.15) is 51.6 Å². The molecule has 0 amide bonds. The minimum atomic E-state index is 0.322. The minimum absolute atomic E-state index is 0.322. The number of anilines is 1. The quantitative estimate of drug-likeness (QED) is 0.812. The lowest BCUT2D eigenvalue weighted by Crippen LogP contribution is -2.34. The van der Waals surface area contributed by atoms with E-state index in [0.29, 0.717) is 23.4 Å². The fourth-order valence-electron chi connectivity index (χ4n) is 1.85. The van der Waals surface area contributed by atoms with Gasteiger partial charge in [0.05, 0.1) is 4.99 Å². The van der Waals surface area contributed by atoms with Crippen LogP contribution in [0.5, 0.6) is 0 Å². The molecular weight excluding hydrogens is 256 g/mol. The molecule has 1 rings (SSSR count). The van der Waals surface area contributed by atoms with Crippen LogP contribution in [0.25, 0.3) is 0 Å². The molecule has 0 aliphatic rings. The van der Waals surface area contributed by atoms with Gasteiger partial charge in [-0.15, -0.1) is 0 Å². The van der Waals surface area contributed by atoms with Crippen molar-refractivity contribution in [1.29, 1.82) is 0 Å². The first-order valence-corrected chi connectivity index (χ1v) is 7.12. The summed E-state index contributed by atoms with van der Waals surface area (Å²) in [4.78, 5) is 11.9. The Morgan fingerprint density at radius 2 is 1.95 bits per heavy atom. The molecule has 1 aromatic heterocycles. The van der Waals surface area contributed by atoms with Gasteiger partial charge in [-0.05, 0) is 20.8 Å². The molecule has 0 aliphatic heterocycles. The van der Waals surface area contributed by atoms with Gasteiger partial charge in [-0.3, -0.25) is 0 Å². The topological polar surface area (TPSA) is 55.0 Å². The zero-order chi connectivity index (χ0) is 14.6. The monoisotopic (exact) mass is 280 g/mol. The number of hydrogen-bond acceptors (Lipinski definition) is 4. The molecule has 0 spiro atoms. The fraction of sp³-hybridized carbons (Fsp3) is 0.643. The average Bonchev–Trinajstić information content (AvgIpc) is 2.27. The van der Waals surface area contributed by atoms with E-state index < -0.39 is 0 Å². The zero-order valence-corrected chi connectivity index (χ0v) is 13.3. The number of nitrogens with zero attached hydrogens (tertiary/aromatic N) is 3. The normalized spacial score (nSPS) is 11.1. The highest BCUT2D eigenvalue weighted by Gasteiger charge is 2.15. The zero-order valence-electron chi connectivity index (χ0n) is 12.5. The molecule has 1 aromatic rings. The van der Waals surface area contributed by atoms with Gasteiger partial charge in [0.2, 0.25) is 0 Å². The maximum absolute atomic E-state index is 5.60. The molecule has 0 unspecified atom stereocenters. The van der Waals surface area contributed by atoms with Crippen molar-refractivity contribution >= 4 is 23.0 Å². The van der Waals surface area contributed by atoms with E-state index in [-0.39, 0.29) is 0 Å². The Kier molecular flexibility index (Phi) is 5.66. The van der Waals surface area contributed by atoms with Gasteiger partial charge in [0.1, 0.15) is 11.6 Å². The van der Waals surface area contributed by atoms with Crippen LogP contribution in [-0.2, 0) is 0 Å². The molecule has 0 atom stereocenters. The Balaban J connectivity index is 3.04. The van der Waals surface area contributed by atoms with E-state index in [1.807, 2.05) is 13.0 Å².